The van der Waals surface area contributed by atoms with Crippen molar-refractivity contribution >= 4 is 17.3 Å². The lowest BCUT2D eigenvalue weighted by Crippen LogP contribution is -2.25. The van der Waals surface area contributed by atoms with E-state index < -0.39 is 5.92 Å². The van der Waals surface area contributed by atoms with Crippen LogP contribution in [0.3, 0.4) is 0 Å². The molecular formula is C9H9ClF2N2. The molecule has 0 aliphatic carbocycles. The van der Waals surface area contributed by atoms with E-state index >= 15 is 0 Å². The molecule has 0 N–H and O–H groups in total. The summed E-state index contributed by atoms with van der Waals surface area (Å²) in [6.45, 7) is 0.0663. The molecule has 0 aromatic carbocycles. The van der Waals surface area contributed by atoms with Crippen LogP contribution >= 0.6 is 11.6 Å². The fourth-order valence-electron chi connectivity index (χ4n) is 1.55. The third kappa shape index (κ3) is 1.80. The highest BCUT2D eigenvalue weighted by molar-refractivity contribution is 6.32. The Bertz CT molecular complexity index is 343. The summed E-state index contributed by atoms with van der Waals surface area (Å²) in [6, 6.07) is 3.40. The number of pyridine rings is 1. The van der Waals surface area contributed by atoms with Crippen LogP contribution in [0.2, 0.25) is 5.15 Å². The maximum atomic E-state index is 12.9. The number of anilines is 1. The van der Waals surface area contributed by atoms with Gasteiger partial charge in [-0.3, -0.25) is 0 Å². The molecule has 1 aromatic heterocycles. The molecule has 0 bridgehead atoms. The van der Waals surface area contributed by atoms with Crippen molar-refractivity contribution in [1.82, 2.24) is 4.98 Å². The molecule has 2 heterocycles. The molecule has 0 atom stereocenters. The standard InChI is InChI=1S/C9H9ClF2N2/c10-8-7(2-1-4-13-8)14-5-3-9(11,12)6-14/h1-2,4H,3,5-6H2. The maximum absolute atomic E-state index is 12.9. The number of rotatable bonds is 1. The van der Waals surface area contributed by atoms with Crippen molar-refractivity contribution in [1.29, 1.82) is 0 Å². The van der Waals surface area contributed by atoms with Gasteiger partial charge in [-0.1, -0.05) is 11.6 Å². The second-order valence-corrected chi connectivity index (χ2v) is 3.70. The SMILES string of the molecule is FC1(F)CCN(c2cccnc2Cl)C1. The molecule has 0 radical (unpaired) electrons. The van der Waals surface area contributed by atoms with Gasteiger partial charge >= 0.3 is 0 Å². The highest BCUT2D eigenvalue weighted by Crippen LogP contribution is 2.33. The molecule has 2 nitrogen and oxygen atoms in total. The minimum atomic E-state index is -2.60. The molecule has 2 rings (SSSR count). The quantitative estimate of drug-likeness (QED) is 0.674. The fraction of sp³-hybridized carbons (Fsp3) is 0.444. The number of halogens is 3. The Morgan fingerprint density at radius 3 is 2.86 bits per heavy atom. The maximum Gasteiger partial charge on any atom is 0.266 e. The Hall–Kier alpha value is -0.900. The van der Waals surface area contributed by atoms with Crippen LogP contribution in [-0.4, -0.2) is 24.0 Å². The van der Waals surface area contributed by atoms with Gasteiger partial charge in [0.1, 0.15) is 0 Å². The van der Waals surface area contributed by atoms with Crippen molar-refractivity contribution in [3.8, 4) is 0 Å². The van der Waals surface area contributed by atoms with Gasteiger partial charge in [-0.25, -0.2) is 13.8 Å². The van der Waals surface area contributed by atoms with E-state index in [2.05, 4.69) is 4.98 Å². The van der Waals surface area contributed by atoms with Gasteiger partial charge in [-0.05, 0) is 12.1 Å². The summed E-state index contributed by atoms with van der Waals surface area (Å²) >= 11 is 5.80. The lowest BCUT2D eigenvalue weighted by Gasteiger charge is -2.18. The van der Waals surface area contributed by atoms with Crippen molar-refractivity contribution in [2.45, 2.75) is 12.3 Å². The number of alkyl halides is 2. The predicted octanol–water partition coefficient (Wildman–Crippen LogP) is 2.58. The minimum absolute atomic E-state index is 0.113. The Morgan fingerprint density at radius 1 is 1.50 bits per heavy atom. The Kier molecular flexibility index (Phi) is 2.31. The van der Waals surface area contributed by atoms with Gasteiger partial charge in [-0.2, -0.15) is 0 Å². The highest BCUT2D eigenvalue weighted by Gasteiger charge is 2.38. The van der Waals surface area contributed by atoms with Gasteiger partial charge < -0.3 is 4.90 Å². The van der Waals surface area contributed by atoms with Crippen LogP contribution in [0.4, 0.5) is 14.5 Å². The van der Waals surface area contributed by atoms with Crippen molar-refractivity contribution < 1.29 is 8.78 Å². The van der Waals surface area contributed by atoms with Crippen LogP contribution in [0.5, 0.6) is 0 Å². The lowest BCUT2D eigenvalue weighted by atomic mass is 10.3. The van der Waals surface area contributed by atoms with Crippen LogP contribution in [0.15, 0.2) is 18.3 Å². The molecule has 0 saturated carbocycles. The van der Waals surface area contributed by atoms with Crippen molar-refractivity contribution in [3.63, 3.8) is 0 Å². The van der Waals surface area contributed by atoms with Crippen molar-refractivity contribution in [2.24, 2.45) is 0 Å². The number of aromatic nitrogens is 1. The fourth-order valence-corrected chi connectivity index (χ4v) is 1.79. The molecule has 1 fully saturated rings. The van der Waals surface area contributed by atoms with E-state index in [0.717, 1.165) is 0 Å². The molecular weight excluding hydrogens is 210 g/mol. The van der Waals surface area contributed by atoms with Gasteiger partial charge in [0, 0.05) is 19.2 Å². The van der Waals surface area contributed by atoms with Gasteiger partial charge in [0.05, 0.1) is 12.2 Å². The normalized spacial score (nSPS) is 20.1. The van der Waals surface area contributed by atoms with E-state index in [4.69, 9.17) is 11.6 Å². The average Bonchev–Trinajstić information content (AvgIpc) is 2.47. The number of hydrogen-bond acceptors (Lipinski definition) is 2. The topological polar surface area (TPSA) is 16.1 Å². The van der Waals surface area contributed by atoms with Crippen molar-refractivity contribution in [2.75, 3.05) is 18.0 Å². The zero-order valence-electron chi connectivity index (χ0n) is 7.38. The summed E-state index contributed by atoms with van der Waals surface area (Å²) in [5, 5.41) is 0.283. The van der Waals surface area contributed by atoms with Crippen LogP contribution in [0.25, 0.3) is 0 Å². The minimum Gasteiger partial charge on any atom is -0.363 e. The van der Waals surface area contributed by atoms with Crippen molar-refractivity contribution in [3.05, 3.63) is 23.5 Å². The summed E-state index contributed by atoms with van der Waals surface area (Å²) in [4.78, 5) is 5.42. The van der Waals surface area contributed by atoms with Crippen LogP contribution in [0.1, 0.15) is 6.42 Å². The van der Waals surface area contributed by atoms with Gasteiger partial charge in [0.15, 0.2) is 5.15 Å². The lowest BCUT2D eigenvalue weighted by molar-refractivity contribution is 0.0257. The molecule has 1 saturated heterocycles. The van der Waals surface area contributed by atoms with Crippen LogP contribution in [-0.2, 0) is 0 Å². The summed E-state index contributed by atoms with van der Waals surface area (Å²) in [7, 11) is 0. The van der Waals surface area contributed by atoms with E-state index in [1.165, 1.54) is 0 Å². The molecule has 1 aliphatic heterocycles. The van der Waals surface area contributed by atoms with E-state index in [0.29, 0.717) is 12.2 Å². The molecule has 1 aliphatic rings. The zero-order chi connectivity index (χ0) is 10.2. The zero-order valence-corrected chi connectivity index (χ0v) is 8.14. The average molecular weight is 219 g/mol. The second-order valence-electron chi connectivity index (χ2n) is 3.34. The van der Waals surface area contributed by atoms with E-state index in [-0.39, 0.29) is 18.1 Å². The molecule has 76 valence electrons. The smallest absolute Gasteiger partial charge is 0.266 e. The molecule has 0 spiro atoms. The monoisotopic (exact) mass is 218 g/mol. The molecule has 0 unspecified atom stereocenters. The first-order valence-electron chi connectivity index (χ1n) is 4.32. The molecule has 5 heteroatoms. The second kappa shape index (κ2) is 3.35. The summed E-state index contributed by atoms with van der Waals surface area (Å²) < 4.78 is 25.8. The third-order valence-electron chi connectivity index (χ3n) is 2.25. The first-order chi connectivity index (χ1) is 6.58. The van der Waals surface area contributed by atoms with Crippen LogP contribution < -0.4 is 4.90 Å². The summed E-state index contributed by atoms with van der Waals surface area (Å²) in [5.41, 5.74) is 0.589. The number of hydrogen-bond donors (Lipinski definition) is 0. The molecule has 0 amide bonds. The Labute approximate surface area is 85.5 Å². The van der Waals surface area contributed by atoms with Gasteiger partial charge in [0.2, 0.25) is 0 Å². The molecule has 14 heavy (non-hydrogen) atoms. The molecule has 1 aromatic rings. The summed E-state index contributed by atoms with van der Waals surface area (Å²) in [6.07, 6.45) is 1.43. The van der Waals surface area contributed by atoms with E-state index in [1.807, 2.05) is 0 Å². The van der Waals surface area contributed by atoms with Gasteiger partial charge in [-0.15, -0.1) is 0 Å². The Balaban J connectivity index is 2.22. The van der Waals surface area contributed by atoms with E-state index in [1.54, 1.807) is 23.2 Å². The Morgan fingerprint density at radius 2 is 2.29 bits per heavy atom. The van der Waals surface area contributed by atoms with Crippen LogP contribution in [0, 0.1) is 0 Å². The summed E-state index contributed by atoms with van der Waals surface area (Å²) in [5.74, 6) is -2.60. The van der Waals surface area contributed by atoms with Gasteiger partial charge in [0.25, 0.3) is 5.92 Å². The van der Waals surface area contributed by atoms with E-state index in [9.17, 15) is 8.78 Å². The third-order valence-corrected chi connectivity index (χ3v) is 2.54. The largest absolute Gasteiger partial charge is 0.363 e. The predicted molar refractivity (Wildman–Crippen MR) is 51.0 cm³/mol. The first kappa shape index (κ1) is 9.65. The first-order valence-corrected chi connectivity index (χ1v) is 4.70. The highest BCUT2D eigenvalue weighted by atomic mass is 35.5. The number of nitrogens with zero attached hydrogens (tertiary/aromatic N) is 2.